The van der Waals surface area contributed by atoms with Crippen LogP contribution in [-0.4, -0.2) is 20.1 Å². The van der Waals surface area contributed by atoms with Crippen molar-refractivity contribution >= 4 is 15.9 Å². The van der Waals surface area contributed by atoms with Gasteiger partial charge in [-0.25, -0.2) is 0 Å². The number of hydrogen-bond acceptors (Lipinski definition) is 2. The van der Waals surface area contributed by atoms with Gasteiger partial charge in [0.2, 0.25) is 0 Å². The summed E-state index contributed by atoms with van der Waals surface area (Å²) < 4.78 is 1.18. The van der Waals surface area contributed by atoms with E-state index in [4.69, 9.17) is 0 Å². The molecule has 0 spiro atoms. The Hall–Kier alpha value is -0.380. The minimum Gasteiger partial charge on any atom is -0.317 e. The summed E-state index contributed by atoms with van der Waals surface area (Å²) >= 11 is 3.60. The van der Waals surface area contributed by atoms with Gasteiger partial charge < -0.3 is 10.6 Å². The van der Waals surface area contributed by atoms with Crippen LogP contribution in [-0.2, 0) is 0 Å². The van der Waals surface area contributed by atoms with E-state index in [1.807, 2.05) is 0 Å². The Morgan fingerprint density at radius 3 is 2.42 bits per heavy atom. The van der Waals surface area contributed by atoms with Crippen molar-refractivity contribution < 1.29 is 0 Å². The predicted molar refractivity (Wildman–Crippen MR) is 85.5 cm³/mol. The van der Waals surface area contributed by atoms with E-state index in [2.05, 4.69) is 65.8 Å². The molecule has 0 bridgehead atoms. The molecule has 0 radical (unpaired) electrons. The first kappa shape index (κ1) is 15.0. The lowest BCUT2D eigenvalue weighted by Gasteiger charge is -2.34. The monoisotopic (exact) mass is 324 g/mol. The Balaban J connectivity index is 2.14. The van der Waals surface area contributed by atoms with Crippen LogP contribution in [0.5, 0.6) is 0 Å². The maximum absolute atomic E-state index is 3.60. The van der Waals surface area contributed by atoms with E-state index in [0.29, 0.717) is 6.04 Å². The fraction of sp³-hybridized carbons (Fsp3) is 0.625. The highest BCUT2D eigenvalue weighted by Crippen LogP contribution is 2.36. The summed E-state index contributed by atoms with van der Waals surface area (Å²) in [7, 11) is 4.17. The fourth-order valence-electron chi connectivity index (χ4n) is 3.33. The number of aryl methyl sites for hydroxylation is 1. The van der Waals surface area contributed by atoms with E-state index in [0.717, 1.165) is 12.0 Å². The second-order valence-electron chi connectivity index (χ2n) is 5.67. The van der Waals surface area contributed by atoms with E-state index in [1.165, 1.54) is 41.3 Å². The van der Waals surface area contributed by atoms with Gasteiger partial charge in [-0.3, -0.25) is 0 Å². The van der Waals surface area contributed by atoms with Crippen molar-refractivity contribution in [3.63, 3.8) is 0 Å². The number of halogens is 1. The van der Waals surface area contributed by atoms with Crippen molar-refractivity contribution in [2.45, 2.75) is 44.7 Å². The molecule has 1 atom stereocenters. The van der Waals surface area contributed by atoms with Gasteiger partial charge in [-0.15, -0.1) is 0 Å². The molecular formula is C16H25BrN2. The van der Waals surface area contributed by atoms with Crippen molar-refractivity contribution in [3.05, 3.63) is 33.8 Å². The highest BCUT2D eigenvalue weighted by molar-refractivity contribution is 9.10. The van der Waals surface area contributed by atoms with E-state index in [9.17, 15) is 0 Å². The Bertz CT molecular complexity index is 411. The molecule has 1 aliphatic rings. The van der Waals surface area contributed by atoms with Crippen molar-refractivity contribution in [2.24, 2.45) is 5.92 Å². The second-order valence-corrected chi connectivity index (χ2v) is 6.58. The third kappa shape index (κ3) is 3.59. The van der Waals surface area contributed by atoms with Crippen LogP contribution in [0.15, 0.2) is 22.7 Å². The van der Waals surface area contributed by atoms with Crippen LogP contribution in [0.3, 0.4) is 0 Å². The van der Waals surface area contributed by atoms with Crippen LogP contribution in [0.25, 0.3) is 0 Å². The molecule has 2 N–H and O–H groups in total. The third-order valence-corrected chi connectivity index (χ3v) is 5.03. The van der Waals surface area contributed by atoms with Crippen molar-refractivity contribution in [1.29, 1.82) is 0 Å². The first-order valence-corrected chi connectivity index (χ1v) is 8.05. The molecule has 2 rings (SSSR count). The number of benzene rings is 1. The van der Waals surface area contributed by atoms with Gasteiger partial charge in [0.1, 0.15) is 0 Å². The van der Waals surface area contributed by atoms with E-state index >= 15 is 0 Å². The molecule has 0 aliphatic heterocycles. The number of rotatable bonds is 4. The Kier molecular flexibility index (Phi) is 5.43. The quantitative estimate of drug-likeness (QED) is 0.880. The summed E-state index contributed by atoms with van der Waals surface area (Å²) in [6.07, 6.45) is 5.21. The molecule has 1 saturated carbocycles. The Morgan fingerprint density at radius 1 is 1.16 bits per heavy atom. The zero-order valence-corrected chi connectivity index (χ0v) is 13.8. The van der Waals surface area contributed by atoms with Crippen LogP contribution in [0.1, 0.15) is 42.9 Å². The molecule has 1 unspecified atom stereocenters. The molecule has 3 heteroatoms. The lowest BCUT2D eigenvalue weighted by Crippen LogP contribution is -2.35. The van der Waals surface area contributed by atoms with E-state index in [-0.39, 0.29) is 0 Å². The largest absolute Gasteiger partial charge is 0.317 e. The molecule has 1 fully saturated rings. The zero-order valence-electron chi connectivity index (χ0n) is 12.2. The molecule has 2 nitrogen and oxygen atoms in total. The van der Waals surface area contributed by atoms with Crippen molar-refractivity contribution in [2.75, 3.05) is 14.1 Å². The number of hydrogen-bond donors (Lipinski definition) is 2. The predicted octanol–water partition coefficient (Wildman–Crippen LogP) is 3.80. The van der Waals surface area contributed by atoms with Gasteiger partial charge in [0.15, 0.2) is 0 Å². The minimum atomic E-state index is 0.482. The van der Waals surface area contributed by atoms with E-state index in [1.54, 1.807) is 0 Å². The molecule has 1 aromatic carbocycles. The molecule has 0 saturated heterocycles. The summed E-state index contributed by atoms with van der Waals surface area (Å²) in [5, 5.41) is 6.96. The second kappa shape index (κ2) is 6.87. The zero-order chi connectivity index (χ0) is 13.8. The van der Waals surface area contributed by atoms with Crippen molar-refractivity contribution in [3.8, 4) is 0 Å². The summed E-state index contributed by atoms with van der Waals surface area (Å²) in [5.41, 5.74) is 2.84. The van der Waals surface area contributed by atoms with Crippen LogP contribution >= 0.6 is 15.9 Å². The van der Waals surface area contributed by atoms with Gasteiger partial charge in [0, 0.05) is 16.6 Å². The Labute approximate surface area is 125 Å². The fourth-order valence-corrected chi connectivity index (χ4v) is 3.71. The molecule has 0 aromatic heterocycles. The summed E-state index contributed by atoms with van der Waals surface area (Å²) in [4.78, 5) is 0. The molecule has 106 valence electrons. The van der Waals surface area contributed by atoms with E-state index < -0.39 is 0 Å². The van der Waals surface area contributed by atoms with Gasteiger partial charge in [-0.05, 0) is 75.9 Å². The summed E-state index contributed by atoms with van der Waals surface area (Å²) in [5.74, 6) is 0.752. The Morgan fingerprint density at radius 2 is 1.84 bits per heavy atom. The first-order chi connectivity index (χ1) is 9.15. The van der Waals surface area contributed by atoms with Crippen LogP contribution in [0.4, 0.5) is 0 Å². The van der Waals surface area contributed by atoms with Crippen LogP contribution in [0, 0.1) is 12.8 Å². The average molecular weight is 325 g/mol. The van der Waals surface area contributed by atoms with Gasteiger partial charge in [0.25, 0.3) is 0 Å². The van der Waals surface area contributed by atoms with Gasteiger partial charge >= 0.3 is 0 Å². The highest BCUT2D eigenvalue weighted by atomic mass is 79.9. The molecule has 1 aromatic rings. The SMILES string of the molecule is CNC1CCC(C(NC)c2cc(Br)ccc2C)CC1. The maximum atomic E-state index is 3.60. The maximum Gasteiger partial charge on any atom is 0.0349 e. The molecule has 0 heterocycles. The van der Waals surface area contributed by atoms with Gasteiger partial charge in [-0.1, -0.05) is 22.0 Å². The van der Waals surface area contributed by atoms with Crippen LogP contribution < -0.4 is 10.6 Å². The molecule has 19 heavy (non-hydrogen) atoms. The molecule has 0 amide bonds. The minimum absolute atomic E-state index is 0.482. The molecule has 1 aliphatic carbocycles. The third-order valence-electron chi connectivity index (χ3n) is 4.54. The highest BCUT2D eigenvalue weighted by Gasteiger charge is 2.27. The van der Waals surface area contributed by atoms with Crippen molar-refractivity contribution in [1.82, 2.24) is 10.6 Å². The van der Waals surface area contributed by atoms with Gasteiger partial charge in [-0.2, -0.15) is 0 Å². The standard InChI is InChI=1S/C16H25BrN2/c1-11-4-7-13(17)10-15(11)16(19-3)12-5-8-14(18-2)9-6-12/h4,7,10,12,14,16,18-19H,5-6,8-9H2,1-3H3. The smallest absolute Gasteiger partial charge is 0.0349 e. The van der Waals surface area contributed by atoms with Gasteiger partial charge in [0.05, 0.1) is 0 Å². The topological polar surface area (TPSA) is 24.1 Å². The first-order valence-electron chi connectivity index (χ1n) is 7.26. The lowest BCUT2D eigenvalue weighted by molar-refractivity contribution is 0.247. The summed E-state index contributed by atoms with van der Waals surface area (Å²) in [6, 6.07) is 7.82. The molecular weight excluding hydrogens is 300 g/mol. The normalized spacial score (nSPS) is 25.3. The summed E-state index contributed by atoms with van der Waals surface area (Å²) in [6.45, 7) is 2.21. The lowest BCUT2D eigenvalue weighted by atomic mass is 9.78. The number of nitrogens with one attached hydrogen (secondary N) is 2. The average Bonchev–Trinajstić information content (AvgIpc) is 2.44. The van der Waals surface area contributed by atoms with Crippen LogP contribution in [0.2, 0.25) is 0 Å².